The van der Waals surface area contributed by atoms with E-state index in [1.807, 2.05) is 6.07 Å². The molecule has 0 saturated carbocycles. The third-order valence-corrected chi connectivity index (χ3v) is 4.11. The van der Waals surface area contributed by atoms with Gasteiger partial charge in [0.25, 0.3) is 0 Å². The van der Waals surface area contributed by atoms with Crippen LogP contribution in [0.3, 0.4) is 0 Å². The van der Waals surface area contributed by atoms with E-state index in [0.29, 0.717) is 18.6 Å². The largest absolute Gasteiger partial charge is 0.300 e. The summed E-state index contributed by atoms with van der Waals surface area (Å²) in [6.45, 7) is 0. The van der Waals surface area contributed by atoms with E-state index in [1.54, 1.807) is 11.3 Å². The van der Waals surface area contributed by atoms with E-state index in [4.69, 9.17) is 0 Å². The maximum atomic E-state index is 11.4. The molecule has 0 fully saturated rings. The molecule has 0 aromatic carbocycles. The molecule has 78 valence electrons. The highest BCUT2D eigenvalue weighted by Gasteiger charge is 2.03. The molecule has 0 atom stereocenters. The van der Waals surface area contributed by atoms with Crippen LogP contribution in [0.1, 0.15) is 24.1 Å². The van der Waals surface area contributed by atoms with Crippen molar-refractivity contribution in [3.8, 4) is 0 Å². The summed E-state index contributed by atoms with van der Waals surface area (Å²) < 4.78 is 1.14. The molecule has 0 spiro atoms. The summed E-state index contributed by atoms with van der Waals surface area (Å²) in [5, 5.41) is 0.920. The van der Waals surface area contributed by atoms with Crippen LogP contribution < -0.4 is 0 Å². The highest BCUT2D eigenvalue weighted by Crippen LogP contribution is 2.23. The first-order chi connectivity index (χ1) is 6.72. The lowest BCUT2D eigenvalue weighted by molar-refractivity contribution is -0.119. The van der Waals surface area contributed by atoms with Gasteiger partial charge in [-0.05, 0) is 40.9 Å². The molecule has 14 heavy (non-hydrogen) atoms. The molecule has 1 aromatic heterocycles. The zero-order chi connectivity index (χ0) is 10.4. The van der Waals surface area contributed by atoms with E-state index < -0.39 is 0 Å². The second-order valence-electron chi connectivity index (χ2n) is 3.04. The van der Waals surface area contributed by atoms with Crippen LogP contribution >= 0.6 is 43.2 Å². The third kappa shape index (κ3) is 4.71. The number of hydrogen-bond donors (Lipinski definition) is 0. The lowest BCUT2D eigenvalue weighted by atomic mass is 10.1. The molecule has 0 N–H and O–H groups in total. The number of aryl methyl sites for hydroxylation is 1. The topological polar surface area (TPSA) is 17.1 Å². The Morgan fingerprint density at radius 3 is 2.71 bits per heavy atom. The van der Waals surface area contributed by atoms with Gasteiger partial charge >= 0.3 is 0 Å². The quantitative estimate of drug-likeness (QED) is 0.710. The standard InChI is InChI=1S/C10H12Br2OS/c11-7-1-2-8(13)3-4-9-5-6-10(12)14-9/h5-6H,1-4,7H2. The number of carbonyl (C=O) groups is 1. The van der Waals surface area contributed by atoms with Crippen LogP contribution in [0, 0.1) is 0 Å². The molecule has 1 heterocycles. The Morgan fingerprint density at radius 1 is 1.36 bits per heavy atom. The second kappa shape index (κ2) is 6.75. The van der Waals surface area contributed by atoms with Gasteiger partial charge in [0.05, 0.1) is 3.79 Å². The van der Waals surface area contributed by atoms with Gasteiger partial charge in [0.2, 0.25) is 0 Å². The number of halogens is 2. The summed E-state index contributed by atoms with van der Waals surface area (Å²) in [6.07, 6.45) is 3.22. The summed E-state index contributed by atoms with van der Waals surface area (Å²) in [4.78, 5) is 12.6. The normalized spacial score (nSPS) is 10.4. The van der Waals surface area contributed by atoms with Crippen molar-refractivity contribution in [3.63, 3.8) is 0 Å². The zero-order valence-corrected chi connectivity index (χ0v) is 11.8. The lowest BCUT2D eigenvalue weighted by Gasteiger charge is -1.97. The van der Waals surface area contributed by atoms with Gasteiger partial charge in [-0.2, -0.15) is 0 Å². The minimum absolute atomic E-state index is 0.369. The van der Waals surface area contributed by atoms with Crippen molar-refractivity contribution in [3.05, 3.63) is 20.8 Å². The third-order valence-electron chi connectivity index (χ3n) is 1.87. The minimum Gasteiger partial charge on any atom is -0.300 e. The summed E-state index contributed by atoms with van der Waals surface area (Å²) in [6, 6.07) is 4.11. The highest BCUT2D eigenvalue weighted by atomic mass is 79.9. The average Bonchev–Trinajstić information content (AvgIpc) is 2.58. The number of hydrogen-bond acceptors (Lipinski definition) is 2. The summed E-state index contributed by atoms with van der Waals surface area (Å²) in [5.41, 5.74) is 0. The Balaban J connectivity index is 2.23. The molecule has 0 radical (unpaired) electrons. The number of ketones is 1. The van der Waals surface area contributed by atoms with E-state index in [9.17, 15) is 4.79 Å². The van der Waals surface area contributed by atoms with Crippen molar-refractivity contribution in [2.75, 3.05) is 5.33 Å². The fourth-order valence-electron chi connectivity index (χ4n) is 1.14. The van der Waals surface area contributed by atoms with Crippen molar-refractivity contribution in [1.82, 2.24) is 0 Å². The molecule has 4 heteroatoms. The number of thiophene rings is 1. The van der Waals surface area contributed by atoms with Crippen LogP contribution in [0.4, 0.5) is 0 Å². The van der Waals surface area contributed by atoms with Crippen LogP contribution in [0.5, 0.6) is 0 Å². The molecule has 1 rings (SSSR count). The van der Waals surface area contributed by atoms with Gasteiger partial charge in [-0.25, -0.2) is 0 Å². The van der Waals surface area contributed by atoms with E-state index >= 15 is 0 Å². The Bertz CT molecular complexity index is 296. The number of Topliss-reactive ketones (excluding diaryl/α,β-unsaturated/α-hetero) is 1. The van der Waals surface area contributed by atoms with Crippen molar-refractivity contribution < 1.29 is 4.79 Å². The summed E-state index contributed by atoms with van der Waals surface area (Å²) >= 11 is 8.44. The van der Waals surface area contributed by atoms with Crippen LogP contribution in [-0.4, -0.2) is 11.1 Å². The zero-order valence-electron chi connectivity index (χ0n) is 7.76. The smallest absolute Gasteiger partial charge is 0.133 e. The van der Waals surface area contributed by atoms with E-state index in [2.05, 4.69) is 37.9 Å². The maximum Gasteiger partial charge on any atom is 0.133 e. The Morgan fingerprint density at radius 2 is 2.14 bits per heavy atom. The van der Waals surface area contributed by atoms with Crippen molar-refractivity contribution in [2.24, 2.45) is 0 Å². The molecule has 0 amide bonds. The van der Waals surface area contributed by atoms with Gasteiger partial charge in [0.15, 0.2) is 0 Å². The Kier molecular flexibility index (Phi) is 5.98. The lowest BCUT2D eigenvalue weighted by Crippen LogP contribution is -1.99. The molecule has 0 aliphatic carbocycles. The first kappa shape index (κ1) is 12.4. The molecule has 0 aliphatic heterocycles. The maximum absolute atomic E-state index is 11.4. The van der Waals surface area contributed by atoms with Gasteiger partial charge in [-0.1, -0.05) is 15.9 Å². The molecule has 0 aliphatic rings. The molecule has 0 unspecified atom stereocenters. The number of rotatable bonds is 6. The Labute approximate surface area is 105 Å². The van der Waals surface area contributed by atoms with Gasteiger partial charge in [0.1, 0.15) is 5.78 Å². The first-order valence-corrected chi connectivity index (χ1v) is 7.27. The van der Waals surface area contributed by atoms with Crippen LogP contribution in [0.15, 0.2) is 15.9 Å². The summed E-state index contributed by atoms with van der Waals surface area (Å²) in [5.74, 6) is 0.369. The van der Waals surface area contributed by atoms with E-state index in [1.165, 1.54) is 4.88 Å². The average molecular weight is 340 g/mol. The highest BCUT2D eigenvalue weighted by molar-refractivity contribution is 9.11. The van der Waals surface area contributed by atoms with Crippen LogP contribution in [0.2, 0.25) is 0 Å². The van der Waals surface area contributed by atoms with E-state index in [0.717, 1.165) is 22.0 Å². The van der Waals surface area contributed by atoms with Crippen molar-refractivity contribution in [2.45, 2.75) is 25.7 Å². The van der Waals surface area contributed by atoms with Gasteiger partial charge in [-0.3, -0.25) is 4.79 Å². The predicted molar refractivity (Wildman–Crippen MR) is 68.4 cm³/mol. The molecular weight excluding hydrogens is 328 g/mol. The van der Waals surface area contributed by atoms with Gasteiger partial charge in [-0.15, -0.1) is 11.3 Å². The van der Waals surface area contributed by atoms with Crippen LogP contribution in [0.25, 0.3) is 0 Å². The first-order valence-electron chi connectivity index (χ1n) is 4.54. The fraction of sp³-hybridized carbons (Fsp3) is 0.500. The predicted octanol–water partition coefficient (Wildman–Crippen LogP) is 4.19. The van der Waals surface area contributed by atoms with Crippen LogP contribution in [-0.2, 0) is 11.2 Å². The fourth-order valence-corrected chi connectivity index (χ4v) is 2.90. The molecule has 0 saturated heterocycles. The number of carbonyl (C=O) groups excluding carboxylic acids is 1. The summed E-state index contributed by atoms with van der Waals surface area (Å²) in [7, 11) is 0. The SMILES string of the molecule is O=C(CCCBr)CCc1ccc(Br)s1. The molecule has 1 nitrogen and oxygen atoms in total. The molecule has 1 aromatic rings. The van der Waals surface area contributed by atoms with E-state index in [-0.39, 0.29) is 0 Å². The molecule has 0 bridgehead atoms. The Hall–Kier alpha value is 0.330. The minimum atomic E-state index is 0.369. The van der Waals surface area contributed by atoms with Crippen molar-refractivity contribution >= 4 is 49.0 Å². The monoisotopic (exact) mass is 338 g/mol. The molecular formula is C10H12Br2OS. The number of alkyl halides is 1. The van der Waals surface area contributed by atoms with Gasteiger partial charge in [0, 0.05) is 23.0 Å². The second-order valence-corrected chi connectivity index (χ2v) is 6.38. The van der Waals surface area contributed by atoms with Crippen molar-refractivity contribution in [1.29, 1.82) is 0 Å². The van der Waals surface area contributed by atoms with Gasteiger partial charge < -0.3 is 0 Å².